The quantitative estimate of drug-likeness (QED) is 0.303. The highest BCUT2D eigenvalue weighted by Gasteiger charge is 2.40. The second-order valence-corrected chi connectivity index (χ2v) is 4.33. The van der Waals surface area contributed by atoms with E-state index in [-0.39, 0.29) is 5.82 Å². The number of rotatable bonds is 1. The van der Waals surface area contributed by atoms with Gasteiger partial charge in [-0.3, -0.25) is 10.1 Å². The van der Waals surface area contributed by atoms with Crippen molar-refractivity contribution in [1.29, 1.82) is 0 Å². The average molecular weight is 206 g/mol. The minimum Gasteiger partial charge on any atom is -0.614 e. The van der Waals surface area contributed by atoms with Gasteiger partial charge in [-0.25, -0.2) is 0 Å². The molecule has 5 heteroatoms. The van der Waals surface area contributed by atoms with Crippen molar-refractivity contribution < 1.29 is 9.65 Å². The molecule has 1 aromatic rings. The van der Waals surface area contributed by atoms with E-state index in [9.17, 15) is 15.3 Å². The van der Waals surface area contributed by atoms with E-state index < -0.39 is 4.92 Å². The smallest absolute Gasteiger partial charge is 0.513 e. The van der Waals surface area contributed by atoms with Crippen LogP contribution in [0.3, 0.4) is 0 Å². The minimum absolute atomic E-state index is 0.346. The summed E-state index contributed by atoms with van der Waals surface area (Å²) in [7, 11) is 0. The van der Waals surface area contributed by atoms with Crippen LogP contribution in [0.4, 0.5) is 5.82 Å². The van der Waals surface area contributed by atoms with E-state index >= 15 is 0 Å². The minimum atomic E-state index is -0.612. The van der Waals surface area contributed by atoms with Crippen LogP contribution in [0.15, 0.2) is 12.3 Å². The summed E-state index contributed by atoms with van der Waals surface area (Å²) < 4.78 is 0.388. The zero-order valence-corrected chi connectivity index (χ0v) is 8.05. The summed E-state index contributed by atoms with van der Waals surface area (Å²) in [6.07, 6.45) is 4.70. The van der Waals surface area contributed by atoms with Gasteiger partial charge < -0.3 is 5.21 Å². The average Bonchev–Trinajstić information content (AvgIpc) is 2.76. The number of nitro groups is 1. The van der Waals surface area contributed by atoms with Gasteiger partial charge in [-0.15, -0.1) is 4.73 Å². The molecule has 2 aliphatic rings. The summed E-state index contributed by atoms with van der Waals surface area (Å²) in [5, 5.41) is 22.0. The summed E-state index contributed by atoms with van der Waals surface area (Å²) in [5.41, 5.74) is 2.07. The zero-order valence-electron chi connectivity index (χ0n) is 8.05. The maximum Gasteiger partial charge on any atom is 0.513 e. The van der Waals surface area contributed by atoms with Gasteiger partial charge in [-0.05, 0) is 36.7 Å². The molecule has 15 heavy (non-hydrogen) atoms. The summed E-state index contributed by atoms with van der Waals surface area (Å²) >= 11 is 0. The Morgan fingerprint density at radius 1 is 1.33 bits per heavy atom. The van der Waals surface area contributed by atoms with Crippen LogP contribution in [0.2, 0.25) is 0 Å². The number of hydrogen-bond donors (Lipinski definition) is 0. The molecule has 1 saturated carbocycles. The first-order chi connectivity index (χ1) is 7.16. The van der Waals surface area contributed by atoms with E-state index in [1.807, 2.05) is 0 Å². The van der Waals surface area contributed by atoms with Gasteiger partial charge in [0.15, 0.2) is 6.20 Å². The van der Waals surface area contributed by atoms with Crippen molar-refractivity contribution >= 4 is 5.82 Å². The van der Waals surface area contributed by atoms with Crippen molar-refractivity contribution in [2.24, 2.45) is 0 Å². The molecule has 5 nitrogen and oxygen atoms in total. The molecule has 3 rings (SSSR count). The van der Waals surface area contributed by atoms with Crippen LogP contribution in [-0.4, -0.2) is 4.92 Å². The summed E-state index contributed by atoms with van der Waals surface area (Å²) in [6.45, 7) is 0. The maximum atomic E-state index is 11.4. The Hall–Kier alpha value is -1.65. The van der Waals surface area contributed by atoms with Crippen LogP contribution in [-0.2, 0) is 0 Å². The van der Waals surface area contributed by atoms with Crippen LogP contribution >= 0.6 is 0 Å². The molecular weight excluding hydrogens is 196 g/mol. The Labute approximate surface area is 86.1 Å². The van der Waals surface area contributed by atoms with Gasteiger partial charge in [0.05, 0.1) is 6.07 Å². The number of fused-ring (bicyclic) bond motifs is 5. The van der Waals surface area contributed by atoms with E-state index in [2.05, 4.69) is 0 Å². The molecule has 2 atom stereocenters. The number of aromatic nitrogens is 1. The van der Waals surface area contributed by atoms with Crippen LogP contribution in [0, 0.1) is 15.3 Å². The molecule has 0 N–H and O–H groups in total. The number of pyridine rings is 1. The molecule has 1 fully saturated rings. The first-order valence-corrected chi connectivity index (χ1v) is 5.08. The standard InChI is InChI=1S/C10H10N2O3/c13-11-5-9-7-2-1-6(3-7)8(9)4-10(11)12(14)15/h4-7H,1-3H2. The van der Waals surface area contributed by atoms with Gasteiger partial charge in [0, 0.05) is 5.56 Å². The Bertz CT molecular complexity index is 458. The molecule has 2 bridgehead atoms. The molecule has 2 unspecified atom stereocenters. The SMILES string of the molecule is O=[N+]([O-])c1cc2c(c[n+]1[O-])C1CCC2C1. The zero-order chi connectivity index (χ0) is 10.6. The van der Waals surface area contributed by atoms with Gasteiger partial charge >= 0.3 is 5.82 Å². The Kier molecular flexibility index (Phi) is 1.55. The lowest BCUT2D eigenvalue weighted by atomic mass is 9.93. The second kappa shape index (κ2) is 2.68. The van der Waals surface area contributed by atoms with Gasteiger partial charge in [-0.1, -0.05) is 0 Å². The fourth-order valence-electron chi connectivity index (χ4n) is 2.93. The molecule has 0 aromatic carbocycles. The van der Waals surface area contributed by atoms with Crippen LogP contribution in [0.5, 0.6) is 0 Å². The molecule has 1 heterocycles. The van der Waals surface area contributed by atoms with Crippen molar-refractivity contribution in [1.82, 2.24) is 0 Å². The first-order valence-electron chi connectivity index (χ1n) is 5.08. The third kappa shape index (κ3) is 1.06. The Morgan fingerprint density at radius 3 is 2.67 bits per heavy atom. The Balaban J connectivity index is 2.18. The molecule has 0 amide bonds. The highest BCUT2D eigenvalue weighted by Crippen LogP contribution is 2.52. The lowest BCUT2D eigenvalue weighted by Gasteiger charge is -2.12. The molecule has 0 saturated heterocycles. The molecule has 0 radical (unpaired) electrons. The largest absolute Gasteiger partial charge is 0.614 e. The number of hydrogen-bond acceptors (Lipinski definition) is 3. The molecule has 1 aromatic heterocycles. The highest BCUT2D eigenvalue weighted by atomic mass is 16.6. The van der Waals surface area contributed by atoms with E-state index in [0.717, 1.165) is 30.4 Å². The van der Waals surface area contributed by atoms with E-state index in [0.29, 0.717) is 16.6 Å². The normalized spacial score (nSPS) is 26.7. The van der Waals surface area contributed by atoms with Crippen LogP contribution in [0.1, 0.15) is 42.2 Å². The van der Waals surface area contributed by atoms with Crippen molar-refractivity contribution in [3.05, 3.63) is 38.7 Å². The fraction of sp³-hybridized carbons (Fsp3) is 0.500. The maximum absolute atomic E-state index is 11.4. The molecule has 0 aliphatic heterocycles. The number of nitrogens with zero attached hydrogens (tertiary/aromatic N) is 2. The summed E-state index contributed by atoms with van der Waals surface area (Å²) in [4.78, 5) is 10.0. The third-order valence-electron chi connectivity index (χ3n) is 3.60. The Morgan fingerprint density at radius 2 is 2.00 bits per heavy atom. The van der Waals surface area contributed by atoms with E-state index in [1.54, 1.807) is 0 Å². The lowest BCUT2D eigenvalue weighted by Crippen LogP contribution is -2.31. The summed E-state index contributed by atoms with van der Waals surface area (Å²) in [6, 6.07) is 1.46. The van der Waals surface area contributed by atoms with Gasteiger partial charge in [0.2, 0.25) is 0 Å². The summed E-state index contributed by atoms with van der Waals surface area (Å²) in [5.74, 6) is 0.567. The van der Waals surface area contributed by atoms with Crippen molar-refractivity contribution in [3.8, 4) is 0 Å². The van der Waals surface area contributed by atoms with Crippen molar-refractivity contribution in [2.45, 2.75) is 31.1 Å². The van der Waals surface area contributed by atoms with Gasteiger partial charge in [0.25, 0.3) is 0 Å². The molecular formula is C10H10N2O3. The fourth-order valence-corrected chi connectivity index (χ4v) is 2.93. The molecule has 2 aliphatic carbocycles. The van der Waals surface area contributed by atoms with Crippen molar-refractivity contribution in [3.63, 3.8) is 0 Å². The van der Waals surface area contributed by atoms with Gasteiger partial charge in [-0.2, -0.15) is 0 Å². The lowest BCUT2D eigenvalue weighted by molar-refractivity contribution is -0.665. The third-order valence-corrected chi connectivity index (χ3v) is 3.60. The molecule has 78 valence electrons. The highest BCUT2D eigenvalue weighted by molar-refractivity contribution is 5.41. The van der Waals surface area contributed by atoms with Crippen molar-refractivity contribution in [2.75, 3.05) is 0 Å². The van der Waals surface area contributed by atoms with E-state index in [1.165, 1.54) is 12.3 Å². The topological polar surface area (TPSA) is 70.1 Å². The first kappa shape index (κ1) is 8.64. The van der Waals surface area contributed by atoms with Crippen LogP contribution < -0.4 is 4.73 Å². The monoisotopic (exact) mass is 206 g/mol. The predicted octanol–water partition coefficient (Wildman–Crippen LogP) is 1.59. The molecule has 0 spiro atoms. The van der Waals surface area contributed by atoms with Gasteiger partial charge in [0.1, 0.15) is 4.92 Å². The van der Waals surface area contributed by atoms with Crippen LogP contribution in [0.25, 0.3) is 0 Å². The second-order valence-electron chi connectivity index (χ2n) is 4.33. The predicted molar refractivity (Wildman–Crippen MR) is 51.4 cm³/mol. The van der Waals surface area contributed by atoms with E-state index in [4.69, 9.17) is 0 Å².